The van der Waals surface area contributed by atoms with Crippen LogP contribution in [0.5, 0.6) is 0 Å². The molecule has 0 radical (unpaired) electrons. The Bertz CT molecular complexity index is 752. The van der Waals surface area contributed by atoms with Crippen molar-refractivity contribution in [1.29, 1.82) is 0 Å². The van der Waals surface area contributed by atoms with Crippen molar-refractivity contribution >= 4 is 5.82 Å². The minimum atomic E-state index is 0.241. The van der Waals surface area contributed by atoms with Crippen molar-refractivity contribution in [1.82, 2.24) is 20.1 Å². The molecule has 3 heterocycles. The lowest BCUT2D eigenvalue weighted by atomic mass is 10.2. The molecule has 118 valence electrons. The number of hydrogen-bond acceptors (Lipinski definition) is 6. The molecule has 6 nitrogen and oxygen atoms in total. The zero-order valence-corrected chi connectivity index (χ0v) is 13.5. The molecule has 0 saturated carbocycles. The highest BCUT2D eigenvalue weighted by Gasteiger charge is 2.12. The summed E-state index contributed by atoms with van der Waals surface area (Å²) in [7, 11) is 2.00. The molecule has 6 heteroatoms. The fourth-order valence-corrected chi connectivity index (χ4v) is 2.17. The van der Waals surface area contributed by atoms with E-state index in [2.05, 4.69) is 25.0 Å². The molecule has 0 aromatic carbocycles. The van der Waals surface area contributed by atoms with Crippen LogP contribution in [0.1, 0.15) is 31.2 Å². The highest BCUT2D eigenvalue weighted by atomic mass is 16.5. The molecule has 0 atom stereocenters. The van der Waals surface area contributed by atoms with Gasteiger partial charge in [-0.3, -0.25) is 4.98 Å². The molecule has 0 spiro atoms. The number of nitrogens with zero attached hydrogens (tertiary/aromatic N) is 5. The van der Waals surface area contributed by atoms with Gasteiger partial charge >= 0.3 is 0 Å². The van der Waals surface area contributed by atoms with Gasteiger partial charge in [0.05, 0.1) is 5.56 Å². The van der Waals surface area contributed by atoms with Crippen molar-refractivity contribution in [3.05, 3.63) is 54.2 Å². The van der Waals surface area contributed by atoms with E-state index >= 15 is 0 Å². The van der Waals surface area contributed by atoms with Gasteiger partial charge in [-0.05, 0) is 23.8 Å². The van der Waals surface area contributed by atoms with Gasteiger partial charge in [0, 0.05) is 38.1 Å². The van der Waals surface area contributed by atoms with E-state index in [4.69, 9.17) is 4.52 Å². The highest BCUT2D eigenvalue weighted by molar-refractivity contribution is 5.54. The molecule has 0 aliphatic rings. The quantitative estimate of drug-likeness (QED) is 0.720. The van der Waals surface area contributed by atoms with Gasteiger partial charge in [-0.15, -0.1) is 0 Å². The van der Waals surface area contributed by atoms with Crippen LogP contribution in [-0.2, 0) is 6.54 Å². The fourth-order valence-electron chi connectivity index (χ4n) is 2.17. The predicted molar refractivity (Wildman–Crippen MR) is 88.0 cm³/mol. The monoisotopic (exact) mass is 309 g/mol. The molecule has 0 fully saturated rings. The Morgan fingerprint density at radius 2 is 2.04 bits per heavy atom. The topological polar surface area (TPSA) is 67.9 Å². The molecule has 0 N–H and O–H groups in total. The third-order valence-electron chi connectivity index (χ3n) is 3.49. The van der Waals surface area contributed by atoms with Crippen molar-refractivity contribution < 1.29 is 4.52 Å². The standard InChI is InChI=1S/C17H19N5O/c1-12(2)16-20-17(23-21-16)14-6-7-15(19-10-14)22(3)11-13-5-4-8-18-9-13/h4-10,12H,11H2,1-3H3. The van der Waals surface area contributed by atoms with Crippen LogP contribution in [-0.4, -0.2) is 27.2 Å². The van der Waals surface area contributed by atoms with Gasteiger partial charge in [0.2, 0.25) is 0 Å². The summed E-state index contributed by atoms with van der Waals surface area (Å²) >= 11 is 0. The van der Waals surface area contributed by atoms with Crippen molar-refractivity contribution in [2.75, 3.05) is 11.9 Å². The number of hydrogen-bond donors (Lipinski definition) is 0. The molecular formula is C17H19N5O. The molecule has 3 rings (SSSR count). The number of pyridine rings is 2. The Hall–Kier alpha value is -2.76. The molecule has 23 heavy (non-hydrogen) atoms. The van der Waals surface area contributed by atoms with Gasteiger partial charge in [0.25, 0.3) is 5.89 Å². The molecule has 3 aromatic rings. The number of rotatable bonds is 5. The molecule has 0 bridgehead atoms. The van der Waals surface area contributed by atoms with Crippen LogP contribution in [0, 0.1) is 0 Å². The average molecular weight is 309 g/mol. The first-order chi connectivity index (χ1) is 11.1. The van der Waals surface area contributed by atoms with Crippen LogP contribution in [0.3, 0.4) is 0 Å². The van der Waals surface area contributed by atoms with E-state index in [-0.39, 0.29) is 5.92 Å². The van der Waals surface area contributed by atoms with Gasteiger partial charge in [-0.25, -0.2) is 4.98 Å². The van der Waals surface area contributed by atoms with Gasteiger partial charge in [-0.2, -0.15) is 4.98 Å². The molecule has 0 amide bonds. The minimum Gasteiger partial charge on any atom is -0.355 e. The van der Waals surface area contributed by atoms with Crippen molar-refractivity contribution in [3.63, 3.8) is 0 Å². The molecule has 0 aliphatic carbocycles. The average Bonchev–Trinajstić information content (AvgIpc) is 3.06. The van der Waals surface area contributed by atoms with Gasteiger partial charge in [-0.1, -0.05) is 25.1 Å². The lowest BCUT2D eigenvalue weighted by Crippen LogP contribution is -2.17. The molecule has 0 aliphatic heterocycles. The molecule has 0 saturated heterocycles. The van der Waals surface area contributed by atoms with E-state index in [0.717, 1.165) is 23.5 Å². The summed E-state index contributed by atoms with van der Waals surface area (Å²) in [6, 6.07) is 7.87. The minimum absolute atomic E-state index is 0.241. The van der Waals surface area contributed by atoms with E-state index in [1.165, 1.54) is 0 Å². The number of anilines is 1. The van der Waals surface area contributed by atoms with Crippen molar-refractivity contribution in [2.24, 2.45) is 0 Å². The van der Waals surface area contributed by atoms with Crippen LogP contribution in [0.15, 0.2) is 47.4 Å². The second-order valence-electron chi connectivity index (χ2n) is 5.73. The van der Waals surface area contributed by atoms with E-state index in [0.29, 0.717) is 11.7 Å². The Labute approximate surface area is 135 Å². The fraction of sp³-hybridized carbons (Fsp3) is 0.294. The molecule has 0 unspecified atom stereocenters. The summed E-state index contributed by atoms with van der Waals surface area (Å²) in [5.41, 5.74) is 1.96. The summed E-state index contributed by atoms with van der Waals surface area (Å²) in [6.45, 7) is 4.81. The van der Waals surface area contributed by atoms with Crippen LogP contribution < -0.4 is 4.90 Å². The van der Waals surface area contributed by atoms with Crippen LogP contribution >= 0.6 is 0 Å². The number of aromatic nitrogens is 4. The van der Waals surface area contributed by atoms with Gasteiger partial charge < -0.3 is 9.42 Å². The maximum atomic E-state index is 5.29. The second kappa shape index (κ2) is 6.56. The third-order valence-corrected chi connectivity index (χ3v) is 3.49. The Morgan fingerprint density at radius 1 is 1.17 bits per heavy atom. The summed E-state index contributed by atoms with van der Waals surface area (Å²) in [5.74, 6) is 2.33. The van der Waals surface area contributed by atoms with E-state index in [9.17, 15) is 0 Å². The Balaban J connectivity index is 1.73. The van der Waals surface area contributed by atoms with E-state index in [1.807, 2.05) is 51.4 Å². The Morgan fingerprint density at radius 3 is 2.65 bits per heavy atom. The second-order valence-corrected chi connectivity index (χ2v) is 5.73. The lowest BCUT2D eigenvalue weighted by molar-refractivity contribution is 0.419. The predicted octanol–water partition coefficient (Wildman–Crippen LogP) is 3.29. The highest BCUT2D eigenvalue weighted by Crippen LogP contribution is 2.21. The summed E-state index contributed by atoms with van der Waals surface area (Å²) in [5, 5.41) is 3.97. The summed E-state index contributed by atoms with van der Waals surface area (Å²) in [6.07, 6.45) is 5.38. The SMILES string of the molecule is CC(C)c1noc(-c2ccc(N(C)Cc3cccnc3)nc2)n1. The van der Waals surface area contributed by atoms with E-state index < -0.39 is 0 Å². The summed E-state index contributed by atoms with van der Waals surface area (Å²) in [4.78, 5) is 15.1. The van der Waals surface area contributed by atoms with Crippen molar-refractivity contribution in [3.8, 4) is 11.5 Å². The lowest BCUT2D eigenvalue weighted by Gasteiger charge is -2.17. The van der Waals surface area contributed by atoms with Gasteiger partial charge in [0.15, 0.2) is 5.82 Å². The van der Waals surface area contributed by atoms with E-state index in [1.54, 1.807) is 12.4 Å². The molecular weight excluding hydrogens is 290 g/mol. The first-order valence-electron chi connectivity index (χ1n) is 7.53. The zero-order chi connectivity index (χ0) is 16.2. The largest absolute Gasteiger partial charge is 0.355 e. The zero-order valence-electron chi connectivity index (χ0n) is 13.5. The Kier molecular flexibility index (Phi) is 4.32. The maximum absolute atomic E-state index is 5.29. The molecule has 3 aromatic heterocycles. The van der Waals surface area contributed by atoms with Crippen LogP contribution in [0.25, 0.3) is 11.5 Å². The van der Waals surface area contributed by atoms with Crippen LogP contribution in [0.4, 0.5) is 5.82 Å². The maximum Gasteiger partial charge on any atom is 0.259 e. The van der Waals surface area contributed by atoms with Crippen LogP contribution in [0.2, 0.25) is 0 Å². The smallest absolute Gasteiger partial charge is 0.259 e. The summed E-state index contributed by atoms with van der Waals surface area (Å²) < 4.78 is 5.29. The normalized spacial score (nSPS) is 11.0. The third kappa shape index (κ3) is 3.53. The first kappa shape index (κ1) is 15.1. The van der Waals surface area contributed by atoms with Gasteiger partial charge in [0.1, 0.15) is 5.82 Å². The first-order valence-corrected chi connectivity index (χ1v) is 7.53. The van der Waals surface area contributed by atoms with Crippen molar-refractivity contribution in [2.45, 2.75) is 26.3 Å².